The third kappa shape index (κ3) is 5.54. The summed E-state index contributed by atoms with van der Waals surface area (Å²) in [5.74, 6) is -1.68. The van der Waals surface area contributed by atoms with Gasteiger partial charge in [0.2, 0.25) is 5.82 Å². The summed E-state index contributed by atoms with van der Waals surface area (Å²) in [4.78, 5) is 30.7. The van der Waals surface area contributed by atoms with Crippen LogP contribution in [0.1, 0.15) is 54.7 Å². The van der Waals surface area contributed by atoms with Crippen molar-refractivity contribution in [2.45, 2.75) is 58.8 Å². The van der Waals surface area contributed by atoms with E-state index in [4.69, 9.17) is 0 Å². The van der Waals surface area contributed by atoms with Crippen LogP contribution in [0, 0.1) is 0 Å². The van der Waals surface area contributed by atoms with Crippen LogP contribution in [-0.2, 0) is 19.5 Å². The van der Waals surface area contributed by atoms with E-state index < -0.39 is 23.2 Å². The summed E-state index contributed by atoms with van der Waals surface area (Å²) in [5.41, 5.74) is 2.55. The summed E-state index contributed by atoms with van der Waals surface area (Å²) in [7, 11) is 0. The van der Waals surface area contributed by atoms with E-state index >= 15 is 0 Å². The van der Waals surface area contributed by atoms with Gasteiger partial charge >= 0.3 is 11.9 Å². The monoisotopic (exact) mass is 578 g/mol. The third-order valence-electron chi connectivity index (χ3n) is 7.01. The van der Waals surface area contributed by atoms with Crippen molar-refractivity contribution in [2.75, 3.05) is 0 Å². The van der Waals surface area contributed by atoms with Gasteiger partial charge in [-0.3, -0.25) is 18.9 Å². The van der Waals surface area contributed by atoms with E-state index in [9.17, 15) is 22.8 Å². The molecule has 0 bridgehead atoms. The first-order valence-corrected chi connectivity index (χ1v) is 13.6. The predicted octanol–water partition coefficient (Wildman–Crippen LogP) is 5.23. The molecule has 218 valence electrons. The highest BCUT2D eigenvalue weighted by atomic mass is 19.4. The lowest BCUT2D eigenvalue weighted by Crippen LogP contribution is -2.29. The lowest BCUT2D eigenvalue weighted by atomic mass is 9.96. The molecule has 5 rings (SSSR count). The number of unbranched alkanes of at least 4 members (excludes halogenated alkanes) is 1. The lowest BCUT2D eigenvalue weighted by molar-refractivity contribution is -0.0885. The normalized spacial score (nSPS) is 11.7. The largest absolute Gasteiger partial charge is 0.455 e. The minimum absolute atomic E-state index is 0.0884. The van der Waals surface area contributed by atoms with Gasteiger partial charge in [-0.15, -0.1) is 10.2 Å². The molecular weight excluding hydrogens is 549 g/mol. The lowest BCUT2D eigenvalue weighted by Gasteiger charge is -2.14. The van der Waals surface area contributed by atoms with Crippen molar-refractivity contribution in [3.05, 3.63) is 88.5 Å². The number of rotatable bonds is 11. The number of aromatic nitrogens is 8. The zero-order valence-electron chi connectivity index (χ0n) is 23.1. The number of carbonyl (C=O) groups excluding carboxylic acids is 1. The van der Waals surface area contributed by atoms with Gasteiger partial charge in [0.05, 0.1) is 12.1 Å². The molecule has 4 heterocycles. The summed E-state index contributed by atoms with van der Waals surface area (Å²) in [6.07, 6.45) is 3.91. The number of aromatic amines is 1. The molecule has 0 amide bonds. The minimum atomic E-state index is -5.08. The number of alkyl halides is 3. The summed E-state index contributed by atoms with van der Waals surface area (Å²) in [6.45, 7) is 4.32. The molecule has 4 aromatic heterocycles. The molecule has 0 saturated heterocycles. The molecule has 0 saturated carbocycles. The number of tetrazole rings is 1. The van der Waals surface area contributed by atoms with Gasteiger partial charge in [-0.2, -0.15) is 18.4 Å². The van der Waals surface area contributed by atoms with Crippen molar-refractivity contribution in [1.29, 1.82) is 0 Å². The van der Waals surface area contributed by atoms with Gasteiger partial charge in [-0.25, -0.2) is 4.79 Å². The van der Waals surface area contributed by atoms with Crippen molar-refractivity contribution >= 4 is 5.78 Å². The van der Waals surface area contributed by atoms with Crippen LogP contribution in [-0.4, -0.2) is 51.3 Å². The Labute approximate surface area is 238 Å². The van der Waals surface area contributed by atoms with E-state index in [0.29, 0.717) is 36.5 Å². The Morgan fingerprint density at radius 3 is 2.50 bits per heavy atom. The van der Waals surface area contributed by atoms with Crippen molar-refractivity contribution in [2.24, 2.45) is 0 Å². The number of benzene rings is 1. The van der Waals surface area contributed by atoms with E-state index in [2.05, 4.69) is 25.6 Å². The topological polar surface area (TPSA) is 116 Å². The molecule has 0 radical (unpaired) electrons. The SMILES string of the molecule is CCCCc1cn(-c2c(C(=O)C(F)(F)F)ccn2CCC)c(=O)n1Cc1cnccc1-c1ccccc1-c1nn[nH]n1. The number of Topliss-reactive ketones (excluding diaryl/α,β-unsaturated/α-hetero) is 1. The number of pyridine rings is 1. The molecule has 0 aliphatic carbocycles. The maximum Gasteiger partial charge on any atom is 0.455 e. The van der Waals surface area contributed by atoms with Crippen LogP contribution < -0.4 is 5.69 Å². The number of ketones is 1. The van der Waals surface area contributed by atoms with Gasteiger partial charge in [0.25, 0.3) is 5.78 Å². The van der Waals surface area contributed by atoms with Gasteiger partial charge in [-0.1, -0.05) is 44.5 Å². The van der Waals surface area contributed by atoms with E-state index in [0.717, 1.165) is 35.6 Å². The molecule has 0 fully saturated rings. The number of imidazole rings is 1. The number of H-pyrrole nitrogens is 1. The summed E-state index contributed by atoms with van der Waals surface area (Å²) >= 11 is 0. The van der Waals surface area contributed by atoms with Crippen molar-refractivity contribution in [3.63, 3.8) is 0 Å². The van der Waals surface area contributed by atoms with Crippen LogP contribution in [0.3, 0.4) is 0 Å². The van der Waals surface area contributed by atoms with Crippen LogP contribution >= 0.6 is 0 Å². The number of hydrogen-bond acceptors (Lipinski definition) is 6. The molecule has 0 unspecified atom stereocenters. The molecule has 10 nitrogen and oxygen atoms in total. The molecule has 1 aromatic carbocycles. The molecule has 13 heteroatoms. The van der Waals surface area contributed by atoms with Crippen LogP contribution in [0.4, 0.5) is 13.2 Å². The molecule has 0 atom stereocenters. The van der Waals surface area contributed by atoms with Gasteiger partial charge < -0.3 is 4.57 Å². The number of nitrogens with zero attached hydrogens (tertiary/aromatic N) is 7. The number of aryl methyl sites for hydroxylation is 2. The number of halogens is 3. The first-order chi connectivity index (χ1) is 20.2. The second-order valence-corrected chi connectivity index (χ2v) is 9.85. The number of carbonyl (C=O) groups is 1. The average molecular weight is 579 g/mol. The standard InChI is InChI=1S/C29H29F3N8O2/c1-3-5-8-20-18-40(27-24(25(41)29(30,31)32)12-15-38(27)14-4-2)28(42)39(20)17-19-16-33-13-11-21(19)22-9-6-7-10-23(22)26-34-36-37-35-26/h6-7,9-13,15-16,18H,3-5,8,14,17H2,1-2H3,(H,34,35,36,37). The van der Waals surface area contributed by atoms with Gasteiger partial charge in [0, 0.05) is 42.6 Å². The van der Waals surface area contributed by atoms with Crippen molar-refractivity contribution < 1.29 is 18.0 Å². The highest BCUT2D eigenvalue weighted by Gasteiger charge is 2.42. The fraction of sp³-hybridized carbons (Fsp3) is 0.310. The highest BCUT2D eigenvalue weighted by Crippen LogP contribution is 2.32. The van der Waals surface area contributed by atoms with Crippen molar-refractivity contribution in [3.8, 4) is 28.3 Å². The van der Waals surface area contributed by atoms with Gasteiger partial charge in [0.15, 0.2) is 0 Å². The van der Waals surface area contributed by atoms with E-state index in [1.807, 2.05) is 44.2 Å². The van der Waals surface area contributed by atoms with Gasteiger partial charge in [-0.05, 0) is 53.3 Å². The Balaban J connectivity index is 1.65. The Bertz CT molecular complexity index is 1750. The van der Waals surface area contributed by atoms with Crippen LogP contribution in [0.5, 0.6) is 0 Å². The maximum absolute atomic E-state index is 14.0. The fourth-order valence-electron chi connectivity index (χ4n) is 5.06. The van der Waals surface area contributed by atoms with E-state index in [-0.39, 0.29) is 12.4 Å². The second kappa shape index (κ2) is 12.0. The zero-order chi connectivity index (χ0) is 29.9. The second-order valence-electron chi connectivity index (χ2n) is 9.85. The fourth-order valence-corrected chi connectivity index (χ4v) is 5.06. The Morgan fingerprint density at radius 1 is 1.02 bits per heavy atom. The average Bonchev–Trinajstić information content (AvgIpc) is 3.72. The summed E-state index contributed by atoms with van der Waals surface area (Å²) < 4.78 is 44.8. The number of nitrogens with one attached hydrogen (secondary N) is 1. The molecule has 0 aliphatic rings. The number of hydrogen-bond donors (Lipinski definition) is 1. The minimum Gasteiger partial charge on any atom is -0.333 e. The van der Waals surface area contributed by atoms with Crippen LogP contribution in [0.15, 0.2) is 66.0 Å². The maximum atomic E-state index is 14.0. The zero-order valence-corrected chi connectivity index (χ0v) is 23.1. The van der Waals surface area contributed by atoms with Crippen LogP contribution in [0.25, 0.3) is 28.3 Å². The molecule has 0 spiro atoms. The molecule has 1 N–H and O–H groups in total. The van der Waals surface area contributed by atoms with Crippen molar-refractivity contribution in [1.82, 2.24) is 39.3 Å². The molecule has 0 aliphatic heterocycles. The summed E-state index contributed by atoms with van der Waals surface area (Å²) in [5, 5.41) is 14.3. The third-order valence-corrected chi connectivity index (χ3v) is 7.01. The highest BCUT2D eigenvalue weighted by molar-refractivity contribution is 6.03. The van der Waals surface area contributed by atoms with E-state index in [1.54, 1.807) is 18.6 Å². The Hall–Kier alpha value is -4.81. The quantitative estimate of drug-likeness (QED) is 0.215. The predicted molar refractivity (Wildman–Crippen MR) is 149 cm³/mol. The smallest absolute Gasteiger partial charge is 0.333 e. The Kier molecular flexibility index (Phi) is 8.18. The summed E-state index contributed by atoms with van der Waals surface area (Å²) in [6, 6.07) is 10.5. The molecule has 42 heavy (non-hydrogen) atoms. The van der Waals surface area contributed by atoms with E-state index in [1.165, 1.54) is 19.9 Å². The first-order valence-electron chi connectivity index (χ1n) is 13.6. The molecule has 5 aromatic rings. The molecular formula is C29H29F3N8O2. The first kappa shape index (κ1) is 28.7. The Morgan fingerprint density at radius 2 is 1.81 bits per heavy atom. The van der Waals surface area contributed by atoms with Crippen LogP contribution in [0.2, 0.25) is 0 Å². The van der Waals surface area contributed by atoms with Gasteiger partial charge in [0.1, 0.15) is 5.82 Å².